The average Bonchev–Trinajstić information content (AvgIpc) is 2.26. The third-order valence-electron chi connectivity index (χ3n) is 2.47. The van der Waals surface area contributed by atoms with Crippen molar-refractivity contribution >= 4 is 27.1 Å². The SMILES string of the molecule is CC(CCCCl)Nc1ccc(S(C)(=O)=O)cc1. The predicted octanol–water partition coefficient (Wildman–Crippen LogP) is 2.91. The Bertz CT molecular complexity index is 442. The fraction of sp³-hybridized carbons (Fsp3) is 0.500. The number of hydrogen-bond acceptors (Lipinski definition) is 3. The topological polar surface area (TPSA) is 46.2 Å². The summed E-state index contributed by atoms with van der Waals surface area (Å²) < 4.78 is 22.5. The van der Waals surface area contributed by atoms with Crippen LogP contribution in [0.2, 0.25) is 0 Å². The minimum atomic E-state index is -3.11. The van der Waals surface area contributed by atoms with Crippen LogP contribution in [0, 0.1) is 0 Å². The van der Waals surface area contributed by atoms with Crippen LogP contribution in [0.1, 0.15) is 19.8 Å². The number of halogens is 1. The Morgan fingerprint density at radius 3 is 2.35 bits per heavy atom. The van der Waals surface area contributed by atoms with Crippen LogP contribution in [0.4, 0.5) is 5.69 Å². The summed E-state index contributed by atoms with van der Waals surface area (Å²) in [5, 5.41) is 3.30. The number of nitrogens with one attached hydrogen (secondary N) is 1. The number of rotatable bonds is 6. The Morgan fingerprint density at radius 2 is 1.88 bits per heavy atom. The molecular formula is C12H18ClNO2S. The van der Waals surface area contributed by atoms with Crippen molar-refractivity contribution in [2.45, 2.75) is 30.7 Å². The molecule has 1 N–H and O–H groups in total. The molecule has 0 aromatic heterocycles. The molecule has 0 radical (unpaired) electrons. The molecule has 0 bridgehead atoms. The molecular weight excluding hydrogens is 258 g/mol. The summed E-state index contributed by atoms with van der Waals surface area (Å²) in [6.45, 7) is 2.08. The van der Waals surface area contributed by atoms with Gasteiger partial charge >= 0.3 is 0 Å². The summed E-state index contributed by atoms with van der Waals surface area (Å²) in [5.41, 5.74) is 0.930. The molecule has 1 rings (SSSR count). The summed E-state index contributed by atoms with van der Waals surface area (Å²) in [4.78, 5) is 0.344. The molecule has 0 aliphatic rings. The van der Waals surface area contributed by atoms with Crippen molar-refractivity contribution in [3.63, 3.8) is 0 Å². The molecule has 0 fully saturated rings. The standard InChI is InChI=1S/C12H18ClNO2S/c1-10(4-3-9-13)14-11-5-7-12(8-6-11)17(2,15)16/h5-8,10,14H,3-4,9H2,1-2H3. The summed E-state index contributed by atoms with van der Waals surface area (Å²) in [7, 11) is -3.11. The van der Waals surface area contributed by atoms with Gasteiger partial charge in [-0.25, -0.2) is 8.42 Å². The highest BCUT2D eigenvalue weighted by Crippen LogP contribution is 2.15. The van der Waals surface area contributed by atoms with E-state index in [0.29, 0.717) is 16.8 Å². The van der Waals surface area contributed by atoms with Crippen LogP contribution in [-0.4, -0.2) is 26.6 Å². The predicted molar refractivity (Wildman–Crippen MR) is 72.6 cm³/mol. The van der Waals surface area contributed by atoms with E-state index < -0.39 is 9.84 Å². The Kier molecular flexibility index (Phi) is 5.28. The van der Waals surface area contributed by atoms with E-state index in [0.717, 1.165) is 18.5 Å². The van der Waals surface area contributed by atoms with Crippen LogP contribution in [0.15, 0.2) is 29.2 Å². The molecule has 1 atom stereocenters. The fourth-order valence-corrected chi connectivity index (χ4v) is 2.32. The number of anilines is 1. The van der Waals surface area contributed by atoms with E-state index in [1.54, 1.807) is 24.3 Å². The smallest absolute Gasteiger partial charge is 0.175 e. The van der Waals surface area contributed by atoms with Crippen LogP contribution in [0.5, 0.6) is 0 Å². The van der Waals surface area contributed by atoms with Crippen molar-refractivity contribution in [2.24, 2.45) is 0 Å². The molecule has 0 amide bonds. The molecule has 1 aromatic carbocycles. The maximum atomic E-state index is 11.3. The molecule has 1 aromatic rings. The first-order chi connectivity index (χ1) is 7.93. The van der Waals surface area contributed by atoms with E-state index in [1.807, 2.05) is 0 Å². The lowest BCUT2D eigenvalue weighted by atomic mass is 10.2. The lowest BCUT2D eigenvalue weighted by Gasteiger charge is -2.14. The molecule has 0 saturated carbocycles. The monoisotopic (exact) mass is 275 g/mol. The van der Waals surface area contributed by atoms with Crippen molar-refractivity contribution in [3.05, 3.63) is 24.3 Å². The number of hydrogen-bond donors (Lipinski definition) is 1. The molecule has 0 saturated heterocycles. The second kappa shape index (κ2) is 6.26. The quantitative estimate of drug-likeness (QED) is 0.812. The van der Waals surface area contributed by atoms with Gasteiger partial charge in [0.2, 0.25) is 0 Å². The molecule has 0 heterocycles. The maximum Gasteiger partial charge on any atom is 0.175 e. The first-order valence-corrected chi connectivity index (χ1v) is 7.98. The zero-order chi connectivity index (χ0) is 12.9. The highest BCUT2D eigenvalue weighted by atomic mass is 35.5. The van der Waals surface area contributed by atoms with Crippen LogP contribution in [0.25, 0.3) is 0 Å². The van der Waals surface area contributed by atoms with E-state index in [1.165, 1.54) is 6.26 Å². The van der Waals surface area contributed by atoms with Crippen molar-refractivity contribution in [1.29, 1.82) is 0 Å². The highest BCUT2D eigenvalue weighted by Gasteiger charge is 2.07. The van der Waals surface area contributed by atoms with Gasteiger partial charge in [0.25, 0.3) is 0 Å². The number of sulfone groups is 1. The molecule has 96 valence electrons. The zero-order valence-electron chi connectivity index (χ0n) is 10.1. The van der Waals surface area contributed by atoms with E-state index in [-0.39, 0.29) is 0 Å². The number of alkyl halides is 1. The van der Waals surface area contributed by atoms with Gasteiger partial charge in [-0.1, -0.05) is 0 Å². The van der Waals surface area contributed by atoms with Gasteiger partial charge in [0.1, 0.15) is 0 Å². The van der Waals surface area contributed by atoms with Crippen molar-refractivity contribution in [1.82, 2.24) is 0 Å². The van der Waals surface area contributed by atoms with Gasteiger partial charge in [-0.05, 0) is 44.0 Å². The maximum absolute atomic E-state index is 11.3. The lowest BCUT2D eigenvalue weighted by Crippen LogP contribution is -2.15. The first kappa shape index (κ1) is 14.3. The van der Waals surface area contributed by atoms with Gasteiger partial charge in [-0.2, -0.15) is 0 Å². The zero-order valence-corrected chi connectivity index (χ0v) is 11.7. The summed E-state index contributed by atoms with van der Waals surface area (Å²) >= 11 is 5.63. The normalized spacial score (nSPS) is 13.4. The average molecular weight is 276 g/mol. The Balaban J connectivity index is 2.63. The van der Waals surface area contributed by atoms with Gasteiger partial charge in [0, 0.05) is 23.9 Å². The second-order valence-corrected chi connectivity index (χ2v) is 6.57. The molecule has 5 heteroatoms. The van der Waals surface area contributed by atoms with Crippen LogP contribution in [0.3, 0.4) is 0 Å². The van der Waals surface area contributed by atoms with E-state index >= 15 is 0 Å². The van der Waals surface area contributed by atoms with Gasteiger partial charge in [0.15, 0.2) is 9.84 Å². The molecule has 0 spiro atoms. The minimum Gasteiger partial charge on any atom is -0.383 e. The molecule has 0 aliphatic carbocycles. The van der Waals surface area contributed by atoms with Crippen molar-refractivity contribution in [2.75, 3.05) is 17.5 Å². The molecule has 0 aliphatic heterocycles. The van der Waals surface area contributed by atoms with Gasteiger partial charge in [0.05, 0.1) is 4.90 Å². The Morgan fingerprint density at radius 1 is 1.29 bits per heavy atom. The van der Waals surface area contributed by atoms with Crippen molar-refractivity contribution in [3.8, 4) is 0 Å². The van der Waals surface area contributed by atoms with E-state index in [2.05, 4.69) is 12.2 Å². The lowest BCUT2D eigenvalue weighted by molar-refractivity contribution is 0.602. The minimum absolute atomic E-state index is 0.331. The first-order valence-electron chi connectivity index (χ1n) is 5.56. The summed E-state index contributed by atoms with van der Waals surface area (Å²) in [6, 6.07) is 7.14. The molecule has 17 heavy (non-hydrogen) atoms. The van der Waals surface area contributed by atoms with E-state index in [4.69, 9.17) is 11.6 Å². The van der Waals surface area contributed by atoms with Gasteiger partial charge in [-0.3, -0.25) is 0 Å². The van der Waals surface area contributed by atoms with Crippen LogP contribution >= 0.6 is 11.6 Å². The molecule has 1 unspecified atom stereocenters. The van der Waals surface area contributed by atoms with Gasteiger partial charge in [-0.15, -0.1) is 11.6 Å². The molecule has 3 nitrogen and oxygen atoms in total. The van der Waals surface area contributed by atoms with E-state index in [9.17, 15) is 8.42 Å². The largest absolute Gasteiger partial charge is 0.383 e. The Hall–Kier alpha value is -0.740. The highest BCUT2D eigenvalue weighted by molar-refractivity contribution is 7.90. The van der Waals surface area contributed by atoms with Crippen molar-refractivity contribution < 1.29 is 8.42 Å². The summed E-state index contributed by atoms with van der Waals surface area (Å²) in [5.74, 6) is 0.666. The Labute approximate surface area is 108 Å². The van der Waals surface area contributed by atoms with Crippen LogP contribution < -0.4 is 5.32 Å². The van der Waals surface area contributed by atoms with Gasteiger partial charge < -0.3 is 5.32 Å². The fourth-order valence-electron chi connectivity index (χ4n) is 1.54. The second-order valence-electron chi connectivity index (χ2n) is 4.17. The number of benzene rings is 1. The van der Waals surface area contributed by atoms with Crippen LogP contribution in [-0.2, 0) is 9.84 Å². The summed E-state index contributed by atoms with van der Waals surface area (Å²) in [6.07, 6.45) is 3.17. The third kappa shape index (κ3) is 4.96. The third-order valence-corrected chi connectivity index (χ3v) is 3.86.